The maximum absolute atomic E-state index is 12.2. The van der Waals surface area contributed by atoms with E-state index in [1.54, 1.807) is 0 Å². The summed E-state index contributed by atoms with van der Waals surface area (Å²) in [6, 6.07) is 0.321. The third kappa shape index (κ3) is 3.96. The fraction of sp³-hybridized carbons (Fsp3) is 0.333. The van der Waals surface area contributed by atoms with E-state index in [0.717, 1.165) is 7.11 Å². The second-order valence-corrected chi connectivity index (χ2v) is 3.38. The Morgan fingerprint density at radius 2 is 2.10 bits per heavy atom. The first-order valence-corrected chi connectivity index (χ1v) is 4.87. The largest absolute Gasteiger partial charge is 0.573 e. The number of aromatic amines is 1. The van der Waals surface area contributed by atoms with Gasteiger partial charge in [-0.2, -0.15) is 0 Å². The van der Waals surface area contributed by atoms with E-state index in [1.807, 2.05) is 4.98 Å². The van der Waals surface area contributed by atoms with Crippen molar-refractivity contribution >= 4 is 11.8 Å². The van der Waals surface area contributed by atoms with Gasteiger partial charge in [0.05, 0.1) is 13.2 Å². The van der Waals surface area contributed by atoms with Gasteiger partial charge in [-0.25, -0.2) is 4.98 Å². The van der Waals surface area contributed by atoms with Crippen LogP contribution in [0.4, 0.5) is 19.0 Å². The van der Waals surface area contributed by atoms with Gasteiger partial charge in [-0.05, 0) is 4.92 Å². The number of pyridine rings is 1. The lowest BCUT2D eigenvalue weighted by molar-refractivity contribution is -0.389. The smallest absolute Gasteiger partial charge is 0.469 e. The van der Waals surface area contributed by atoms with Gasteiger partial charge in [0.2, 0.25) is 11.2 Å². The second kappa shape index (κ2) is 5.59. The number of hydrogen-bond acceptors (Lipinski definition) is 6. The summed E-state index contributed by atoms with van der Waals surface area (Å²) in [7, 11) is 0.960. The maximum Gasteiger partial charge on any atom is 0.573 e. The molecule has 0 spiro atoms. The van der Waals surface area contributed by atoms with Gasteiger partial charge in [0.15, 0.2) is 5.69 Å². The lowest BCUT2D eigenvalue weighted by atomic mass is 10.2. The molecule has 0 saturated carbocycles. The molecule has 0 aliphatic carbocycles. The predicted molar refractivity (Wildman–Crippen MR) is 56.1 cm³/mol. The monoisotopic (exact) mass is 296 g/mol. The van der Waals surface area contributed by atoms with Gasteiger partial charge in [0, 0.05) is 0 Å². The minimum atomic E-state index is -5.19. The van der Waals surface area contributed by atoms with Crippen LogP contribution in [-0.4, -0.2) is 29.3 Å². The van der Waals surface area contributed by atoms with E-state index < -0.39 is 46.4 Å². The van der Waals surface area contributed by atoms with Crippen molar-refractivity contribution in [1.82, 2.24) is 4.98 Å². The standard InChI is InChI=1S/C9H7F3N2O6/c1-19-7(16)2-4-8(20-9(10,11)12)5(15)3-6(13-4)14(17)18/h3H,2H2,1H3,(H,13,15). The van der Waals surface area contributed by atoms with E-state index in [2.05, 4.69) is 9.47 Å². The molecular formula is C9H7F3N2O6. The Hall–Kier alpha value is -2.59. The van der Waals surface area contributed by atoms with Crippen molar-refractivity contribution in [2.24, 2.45) is 0 Å². The summed E-state index contributed by atoms with van der Waals surface area (Å²) in [5.74, 6) is -3.12. The molecule has 0 bridgehead atoms. The van der Waals surface area contributed by atoms with Gasteiger partial charge < -0.3 is 19.6 Å². The quantitative estimate of drug-likeness (QED) is 0.502. The Morgan fingerprint density at radius 1 is 1.50 bits per heavy atom. The zero-order valence-corrected chi connectivity index (χ0v) is 9.82. The second-order valence-electron chi connectivity index (χ2n) is 3.38. The van der Waals surface area contributed by atoms with Gasteiger partial charge in [-0.1, -0.05) is 0 Å². The molecule has 0 aliphatic rings. The molecule has 0 unspecified atom stereocenters. The van der Waals surface area contributed by atoms with Crippen LogP contribution in [0.2, 0.25) is 0 Å². The van der Waals surface area contributed by atoms with E-state index in [4.69, 9.17) is 0 Å². The van der Waals surface area contributed by atoms with Gasteiger partial charge in [0.1, 0.15) is 6.42 Å². The Morgan fingerprint density at radius 3 is 2.55 bits per heavy atom. The topological polar surface area (TPSA) is 112 Å². The molecule has 1 rings (SSSR count). The van der Waals surface area contributed by atoms with E-state index in [9.17, 15) is 32.9 Å². The summed E-state index contributed by atoms with van der Waals surface area (Å²) >= 11 is 0. The lowest BCUT2D eigenvalue weighted by Gasteiger charge is -2.10. The fourth-order valence-electron chi connectivity index (χ4n) is 1.25. The number of carbonyl (C=O) groups excluding carboxylic acids is 1. The summed E-state index contributed by atoms with van der Waals surface area (Å²) in [6.45, 7) is 0. The average molecular weight is 296 g/mol. The number of nitro groups is 1. The van der Waals surface area contributed by atoms with Crippen molar-refractivity contribution in [2.45, 2.75) is 12.8 Å². The fourth-order valence-corrected chi connectivity index (χ4v) is 1.25. The molecule has 20 heavy (non-hydrogen) atoms. The average Bonchev–Trinajstić information content (AvgIpc) is 2.31. The van der Waals surface area contributed by atoms with Gasteiger partial charge >= 0.3 is 18.1 Å². The third-order valence-corrected chi connectivity index (χ3v) is 2.01. The van der Waals surface area contributed by atoms with E-state index in [1.165, 1.54) is 0 Å². The van der Waals surface area contributed by atoms with Crippen LogP contribution >= 0.6 is 0 Å². The number of H-pyrrole nitrogens is 1. The van der Waals surface area contributed by atoms with Crippen LogP contribution in [0.5, 0.6) is 5.75 Å². The van der Waals surface area contributed by atoms with Crippen LogP contribution in [0.25, 0.3) is 0 Å². The minimum absolute atomic E-state index is 0.321. The highest BCUT2D eigenvalue weighted by Gasteiger charge is 2.35. The number of nitrogens with one attached hydrogen (secondary N) is 1. The van der Waals surface area contributed by atoms with Crippen molar-refractivity contribution in [2.75, 3.05) is 7.11 Å². The molecule has 8 nitrogen and oxygen atoms in total. The van der Waals surface area contributed by atoms with Crippen molar-refractivity contribution in [3.05, 3.63) is 32.1 Å². The van der Waals surface area contributed by atoms with Crippen molar-refractivity contribution in [3.8, 4) is 5.75 Å². The molecule has 0 fully saturated rings. The zero-order valence-electron chi connectivity index (χ0n) is 9.82. The molecule has 0 radical (unpaired) electrons. The third-order valence-electron chi connectivity index (χ3n) is 2.01. The molecule has 0 amide bonds. The number of alkyl halides is 3. The van der Waals surface area contributed by atoms with Crippen LogP contribution in [0.3, 0.4) is 0 Å². The highest BCUT2D eigenvalue weighted by atomic mass is 19.4. The number of nitrogens with zero attached hydrogens (tertiary/aromatic N) is 1. The summed E-state index contributed by atoms with van der Waals surface area (Å²) in [5.41, 5.74) is -2.08. The van der Waals surface area contributed by atoms with Crippen molar-refractivity contribution in [1.29, 1.82) is 0 Å². The van der Waals surface area contributed by atoms with Gasteiger partial charge in [-0.3, -0.25) is 9.59 Å². The first kappa shape index (κ1) is 15.5. The molecule has 0 aromatic carbocycles. The maximum atomic E-state index is 12.2. The summed E-state index contributed by atoms with van der Waals surface area (Å²) in [6.07, 6.45) is -6.01. The van der Waals surface area contributed by atoms with Crippen LogP contribution < -0.4 is 10.2 Å². The number of aromatic nitrogens is 1. The molecule has 11 heteroatoms. The number of carbonyl (C=O) groups is 1. The molecule has 0 atom stereocenters. The number of esters is 1. The van der Waals surface area contributed by atoms with Crippen LogP contribution in [0.1, 0.15) is 5.69 Å². The molecular weight excluding hydrogens is 289 g/mol. The normalized spacial score (nSPS) is 11.0. The number of halogens is 3. The van der Waals surface area contributed by atoms with E-state index in [-0.39, 0.29) is 0 Å². The zero-order chi connectivity index (χ0) is 15.5. The minimum Gasteiger partial charge on any atom is -0.469 e. The molecule has 1 heterocycles. The summed E-state index contributed by atoms with van der Waals surface area (Å²) < 4.78 is 44.1. The highest BCUT2D eigenvalue weighted by Crippen LogP contribution is 2.24. The molecule has 1 aromatic heterocycles. The number of methoxy groups -OCH3 is 1. The number of hydrogen-bond donors (Lipinski definition) is 1. The Bertz CT molecular complexity index is 594. The van der Waals surface area contributed by atoms with Gasteiger partial charge in [0.25, 0.3) is 0 Å². The van der Waals surface area contributed by atoms with Crippen LogP contribution in [0, 0.1) is 10.1 Å². The highest BCUT2D eigenvalue weighted by molar-refractivity contribution is 5.72. The SMILES string of the molecule is COC(=O)Cc1[nH]c([N+](=O)[O-])cc(=O)c1OC(F)(F)F. The van der Waals surface area contributed by atoms with Crippen molar-refractivity contribution < 1.29 is 32.4 Å². The van der Waals surface area contributed by atoms with Gasteiger partial charge in [-0.15, -0.1) is 13.2 Å². The summed E-state index contributed by atoms with van der Waals surface area (Å²) in [4.78, 5) is 33.9. The number of ether oxygens (including phenoxy) is 2. The first-order valence-electron chi connectivity index (χ1n) is 4.87. The van der Waals surface area contributed by atoms with Crippen molar-refractivity contribution in [3.63, 3.8) is 0 Å². The summed E-state index contributed by atoms with van der Waals surface area (Å²) in [5, 5.41) is 10.5. The Kier molecular flexibility index (Phi) is 4.32. The van der Waals surface area contributed by atoms with E-state index >= 15 is 0 Å². The predicted octanol–water partition coefficient (Wildman–Crippen LogP) is 0.897. The first-order chi connectivity index (χ1) is 9.14. The molecule has 1 N–H and O–H groups in total. The molecule has 0 saturated heterocycles. The lowest BCUT2D eigenvalue weighted by Crippen LogP contribution is -2.24. The molecule has 1 aromatic rings. The molecule has 0 aliphatic heterocycles. The Labute approximate surface area is 108 Å². The van der Waals surface area contributed by atoms with Crippen LogP contribution in [0.15, 0.2) is 10.9 Å². The van der Waals surface area contributed by atoms with Crippen LogP contribution in [-0.2, 0) is 16.0 Å². The number of rotatable bonds is 4. The Balaban J connectivity index is 3.36. The molecule has 110 valence electrons. The van der Waals surface area contributed by atoms with E-state index in [0.29, 0.717) is 6.07 Å².